The van der Waals surface area contributed by atoms with Gasteiger partial charge in [0.05, 0.1) is 6.61 Å². The van der Waals surface area contributed by atoms with Gasteiger partial charge in [0.2, 0.25) is 0 Å². The first kappa shape index (κ1) is 17.3. The van der Waals surface area contributed by atoms with E-state index < -0.39 is 6.16 Å². The summed E-state index contributed by atoms with van der Waals surface area (Å²) in [5.41, 5.74) is 0. The van der Waals surface area contributed by atoms with Crippen molar-refractivity contribution in [3.8, 4) is 11.5 Å². The second-order valence-corrected chi connectivity index (χ2v) is 5.12. The van der Waals surface area contributed by atoms with E-state index in [1.54, 1.807) is 24.3 Å². The lowest BCUT2D eigenvalue weighted by atomic mass is 10.1. The van der Waals surface area contributed by atoms with Crippen molar-refractivity contribution in [1.29, 1.82) is 0 Å². The summed E-state index contributed by atoms with van der Waals surface area (Å²) in [6.07, 6.45) is 8.30. The van der Waals surface area contributed by atoms with Crippen molar-refractivity contribution < 1.29 is 19.4 Å². The van der Waals surface area contributed by atoms with Crippen molar-refractivity contribution in [3.63, 3.8) is 0 Å². The lowest BCUT2D eigenvalue weighted by Gasteiger charge is -2.09. The molecule has 21 heavy (non-hydrogen) atoms. The molecule has 4 heteroatoms. The molecule has 1 aromatic carbocycles. The number of unbranched alkanes of at least 4 members (excludes halogenated alkanes) is 7. The Hall–Kier alpha value is -1.71. The van der Waals surface area contributed by atoms with Crippen molar-refractivity contribution in [2.75, 3.05) is 6.61 Å². The molecule has 1 rings (SSSR count). The van der Waals surface area contributed by atoms with Gasteiger partial charge in [-0.05, 0) is 18.6 Å². The van der Waals surface area contributed by atoms with Crippen LogP contribution in [0.2, 0.25) is 0 Å². The Morgan fingerprint density at radius 3 is 2.10 bits per heavy atom. The van der Waals surface area contributed by atoms with Gasteiger partial charge in [-0.25, -0.2) is 0 Å². The van der Waals surface area contributed by atoms with Crippen LogP contribution in [0.3, 0.4) is 0 Å². The Morgan fingerprint density at radius 1 is 0.905 bits per heavy atom. The SMILES string of the molecule is CCCCCCCCCCOc1ccccc1OC([O])=O. The predicted octanol–water partition coefficient (Wildman–Crippen LogP) is 5.14. The maximum Gasteiger partial charge on any atom is 0.555 e. The third-order valence-electron chi connectivity index (χ3n) is 3.30. The highest BCUT2D eigenvalue weighted by molar-refractivity contribution is 5.62. The standard InChI is InChI=1S/C17H25O4/c1-2-3-4-5-6-7-8-11-14-20-15-12-9-10-13-16(15)21-17(18)19/h9-10,12-13H,2-8,11,14H2,1H3. The van der Waals surface area contributed by atoms with E-state index in [0.29, 0.717) is 12.4 Å². The molecule has 0 bridgehead atoms. The van der Waals surface area contributed by atoms with Gasteiger partial charge in [-0.1, -0.05) is 64.0 Å². The summed E-state index contributed by atoms with van der Waals surface area (Å²) in [4.78, 5) is 10.5. The van der Waals surface area contributed by atoms with Gasteiger partial charge in [-0.3, -0.25) is 0 Å². The van der Waals surface area contributed by atoms with Crippen molar-refractivity contribution in [1.82, 2.24) is 0 Å². The molecule has 0 aromatic heterocycles. The quantitative estimate of drug-likeness (QED) is 0.322. The Morgan fingerprint density at radius 2 is 1.48 bits per heavy atom. The van der Waals surface area contributed by atoms with E-state index in [1.165, 1.54) is 38.5 Å². The van der Waals surface area contributed by atoms with Crippen LogP contribution in [-0.4, -0.2) is 12.8 Å². The topological polar surface area (TPSA) is 55.4 Å². The van der Waals surface area contributed by atoms with Gasteiger partial charge >= 0.3 is 6.16 Å². The Labute approximate surface area is 127 Å². The lowest BCUT2D eigenvalue weighted by molar-refractivity contribution is 0.115. The van der Waals surface area contributed by atoms with Crippen LogP contribution in [-0.2, 0) is 5.11 Å². The molecule has 0 fully saturated rings. The van der Waals surface area contributed by atoms with Gasteiger partial charge in [-0.15, -0.1) is 0 Å². The summed E-state index contributed by atoms with van der Waals surface area (Å²) in [6.45, 7) is 2.79. The second-order valence-electron chi connectivity index (χ2n) is 5.12. The number of ether oxygens (including phenoxy) is 2. The summed E-state index contributed by atoms with van der Waals surface area (Å²) >= 11 is 0. The van der Waals surface area contributed by atoms with E-state index in [-0.39, 0.29) is 5.75 Å². The molecule has 0 saturated heterocycles. The fourth-order valence-corrected chi connectivity index (χ4v) is 2.16. The van der Waals surface area contributed by atoms with Crippen molar-refractivity contribution in [3.05, 3.63) is 24.3 Å². The minimum absolute atomic E-state index is 0.192. The normalized spacial score (nSPS) is 10.3. The highest BCUT2D eigenvalue weighted by Crippen LogP contribution is 2.26. The maximum atomic E-state index is 10.5. The van der Waals surface area contributed by atoms with Crippen molar-refractivity contribution in [2.45, 2.75) is 58.3 Å². The lowest BCUT2D eigenvalue weighted by Crippen LogP contribution is -2.04. The van der Waals surface area contributed by atoms with Crippen LogP contribution < -0.4 is 9.47 Å². The molecule has 0 spiro atoms. The number of hydrogen-bond donors (Lipinski definition) is 0. The third kappa shape index (κ3) is 8.23. The molecule has 0 unspecified atom stereocenters. The number of hydrogen-bond acceptors (Lipinski definition) is 3. The molecular weight excluding hydrogens is 268 g/mol. The average molecular weight is 293 g/mol. The summed E-state index contributed by atoms with van der Waals surface area (Å²) in [6, 6.07) is 6.73. The molecule has 117 valence electrons. The van der Waals surface area contributed by atoms with Crippen molar-refractivity contribution >= 4 is 6.16 Å². The van der Waals surface area contributed by atoms with Crippen LogP contribution in [0.5, 0.6) is 11.5 Å². The summed E-state index contributed by atoms with van der Waals surface area (Å²) in [5.74, 6) is 0.640. The molecule has 0 N–H and O–H groups in total. The zero-order valence-electron chi connectivity index (χ0n) is 12.8. The number of carbonyl (C=O) groups excluding carboxylic acids is 1. The van der Waals surface area contributed by atoms with Gasteiger partial charge in [0.15, 0.2) is 11.5 Å². The largest absolute Gasteiger partial charge is 0.555 e. The van der Waals surface area contributed by atoms with E-state index in [2.05, 4.69) is 11.7 Å². The van der Waals surface area contributed by atoms with Crippen LogP contribution >= 0.6 is 0 Å². The first-order valence-electron chi connectivity index (χ1n) is 7.84. The molecule has 0 saturated carbocycles. The maximum absolute atomic E-state index is 10.5. The Bertz CT molecular complexity index is 404. The minimum Gasteiger partial charge on any atom is -0.490 e. The highest BCUT2D eigenvalue weighted by Gasteiger charge is 2.09. The fourth-order valence-electron chi connectivity index (χ4n) is 2.16. The van der Waals surface area contributed by atoms with E-state index in [0.717, 1.165) is 12.8 Å². The molecule has 1 radical (unpaired) electrons. The van der Waals surface area contributed by atoms with E-state index >= 15 is 0 Å². The molecule has 4 nitrogen and oxygen atoms in total. The van der Waals surface area contributed by atoms with Crippen LogP contribution in [0, 0.1) is 0 Å². The van der Waals surface area contributed by atoms with E-state index in [1.807, 2.05) is 0 Å². The zero-order valence-corrected chi connectivity index (χ0v) is 12.8. The minimum atomic E-state index is -1.57. The number of benzene rings is 1. The smallest absolute Gasteiger partial charge is 0.490 e. The number of para-hydroxylation sites is 2. The van der Waals surface area contributed by atoms with E-state index in [4.69, 9.17) is 4.74 Å². The van der Waals surface area contributed by atoms with Gasteiger partial charge in [0.1, 0.15) is 0 Å². The van der Waals surface area contributed by atoms with E-state index in [9.17, 15) is 9.90 Å². The first-order valence-corrected chi connectivity index (χ1v) is 7.84. The summed E-state index contributed by atoms with van der Waals surface area (Å²) in [5, 5.41) is 10.5. The number of carbonyl (C=O) groups is 1. The predicted molar refractivity (Wildman–Crippen MR) is 81.3 cm³/mol. The zero-order chi connectivity index (χ0) is 15.3. The first-order chi connectivity index (χ1) is 10.2. The molecule has 1 aromatic rings. The fraction of sp³-hybridized carbons (Fsp3) is 0.588. The molecule has 0 aliphatic rings. The molecule has 0 aliphatic heterocycles. The van der Waals surface area contributed by atoms with Crippen LogP contribution in [0.15, 0.2) is 24.3 Å². The summed E-state index contributed by atoms with van der Waals surface area (Å²) in [7, 11) is 0. The molecule has 0 amide bonds. The van der Waals surface area contributed by atoms with Crippen LogP contribution in [0.1, 0.15) is 58.3 Å². The second kappa shape index (κ2) is 11.0. The average Bonchev–Trinajstić information content (AvgIpc) is 2.46. The number of rotatable bonds is 11. The molecule has 0 aliphatic carbocycles. The van der Waals surface area contributed by atoms with Crippen LogP contribution in [0.4, 0.5) is 4.79 Å². The van der Waals surface area contributed by atoms with Gasteiger partial charge in [-0.2, -0.15) is 9.90 Å². The molecule has 0 heterocycles. The van der Waals surface area contributed by atoms with Crippen molar-refractivity contribution in [2.24, 2.45) is 0 Å². The van der Waals surface area contributed by atoms with Gasteiger partial charge in [0.25, 0.3) is 0 Å². The highest BCUT2D eigenvalue weighted by atomic mass is 16.7. The molecule has 0 atom stereocenters. The van der Waals surface area contributed by atoms with Gasteiger partial charge < -0.3 is 9.47 Å². The summed E-state index contributed by atoms with van der Waals surface area (Å²) < 4.78 is 10.1. The monoisotopic (exact) mass is 293 g/mol. The van der Waals surface area contributed by atoms with Gasteiger partial charge in [0, 0.05) is 0 Å². The van der Waals surface area contributed by atoms with Crippen LogP contribution in [0.25, 0.3) is 0 Å². The third-order valence-corrected chi connectivity index (χ3v) is 3.30. The Kier molecular flexibility index (Phi) is 9.09. The Balaban J connectivity index is 2.14. The molecular formula is C17H25O4.